The number of esters is 1. The first-order chi connectivity index (χ1) is 17.4. The molecule has 2 heterocycles. The number of H-pyrrole nitrogens is 1. The van der Waals surface area contributed by atoms with E-state index >= 15 is 0 Å². The van der Waals surface area contributed by atoms with Gasteiger partial charge in [0.1, 0.15) is 35.5 Å². The molecule has 2 aromatic rings. The van der Waals surface area contributed by atoms with Gasteiger partial charge in [0.2, 0.25) is 0 Å². The number of aliphatic hydroxyl groups is 1. The van der Waals surface area contributed by atoms with Crippen LogP contribution in [0.5, 0.6) is 5.75 Å². The largest absolute Gasteiger partial charge is 0.462 e. The van der Waals surface area contributed by atoms with E-state index < -0.39 is 73.7 Å². The summed E-state index contributed by atoms with van der Waals surface area (Å²) in [4.78, 5) is 35.8. The molecule has 1 aromatic carbocycles. The molecule has 0 aliphatic carbocycles. The van der Waals surface area contributed by atoms with Gasteiger partial charge in [0, 0.05) is 12.3 Å². The number of nitrogens with one attached hydrogen (secondary N) is 2. The molecule has 1 aromatic heterocycles. The van der Waals surface area contributed by atoms with Crippen LogP contribution in [0, 0.1) is 0 Å². The van der Waals surface area contributed by atoms with Gasteiger partial charge in [-0.05, 0) is 32.9 Å². The van der Waals surface area contributed by atoms with Crippen molar-refractivity contribution < 1.29 is 37.4 Å². The van der Waals surface area contributed by atoms with Gasteiger partial charge in [-0.1, -0.05) is 18.2 Å². The van der Waals surface area contributed by atoms with Gasteiger partial charge in [0.15, 0.2) is 6.23 Å². The Morgan fingerprint density at radius 1 is 1.30 bits per heavy atom. The Kier molecular flexibility index (Phi) is 9.32. The second kappa shape index (κ2) is 11.9. The van der Waals surface area contributed by atoms with Crippen LogP contribution in [0.1, 0.15) is 27.0 Å². The van der Waals surface area contributed by atoms with Crippen molar-refractivity contribution in [3.8, 4) is 5.75 Å². The van der Waals surface area contributed by atoms with E-state index in [0.29, 0.717) is 0 Å². The molecular formula is C22H28ClFN3O9P. The van der Waals surface area contributed by atoms with Crippen LogP contribution in [0.3, 0.4) is 0 Å². The average Bonchev–Trinajstić information content (AvgIpc) is 3.08. The Morgan fingerprint density at radius 2 is 1.97 bits per heavy atom. The summed E-state index contributed by atoms with van der Waals surface area (Å²) in [6, 6.07) is 7.82. The predicted octanol–water partition coefficient (Wildman–Crippen LogP) is 1.88. The second-order valence-corrected chi connectivity index (χ2v) is 11.0. The number of para-hydroxylation sites is 1. The van der Waals surface area contributed by atoms with E-state index in [9.17, 15) is 28.4 Å². The highest BCUT2D eigenvalue weighted by atomic mass is 35.5. The van der Waals surface area contributed by atoms with Gasteiger partial charge in [0.25, 0.3) is 5.56 Å². The van der Waals surface area contributed by atoms with Gasteiger partial charge in [0.05, 0.1) is 12.7 Å². The molecule has 0 saturated carbocycles. The standard InChI is InChI=1S/C22H28ClFN3O9P/c1-13(2)34-19(30)14(3)26-37(32,36-15-7-5-4-6-8-15)33-11-16-18(29)22(23,12-24)20(35-16)27-10-9-17(28)25-21(27)31/h4-10,13-14,16,18,20,29H,11-12H2,1-3H3,(H,26,32)(H,25,28,31)/t14-,16+,18?,20+,22+,37+/m0/s1. The summed E-state index contributed by atoms with van der Waals surface area (Å²) in [5, 5.41) is 13.2. The zero-order valence-electron chi connectivity index (χ0n) is 20.2. The molecule has 15 heteroatoms. The summed E-state index contributed by atoms with van der Waals surface area (Å²) in [6.45, 7) is 2.71. The van der Waals surface area contributed by atoms with Crippen molar-refractivity contribution in [1.29, 1.82) is 0 Å². The highest BCUT2D eigenvalue weighted by molar-refractivity contribution is 7.52. The summed E-state index contributed by atoms with van der Waals surface area (Å²) in [5.41, 5.74) is -1.64. The third kappa shape index (κ3) is 6.86. The van der Waals surface area contributed by atoms with E-state index in [-0.39, 0.29) is 5.75 Å². The number of nitrogens with zero attached hydrogens (tertiary/aromatic N) is 1. The molecule has 1 saturated heterocycles. The van der Waals surface area contributed by atoms with E-state index in [0.717, 1.165) is 16.8 Å². The van der Waals surface area contributed by atoms with Gasteiger partial charge < -0.3 is 19.1 Å². The van der Waals surface area contributed by atoms with Crippen molar-refractivity contribution >= 4 is 25.3 Å². The highest BCUT2D eigenvalue weighted by Gasteiger charge is 2.57. The molecule has 3 rings (SSSR count). The highest BCUT2D eigenvalue weighted by Crippen LogP contribution is 2.48. The number of hydrogen-bond donors (Lipinski definition) is 3. The van der Waals surface area contributed by atoms with Crippen molar-refractivity contribution in [1.82, 2.24) is 14.6 Å². The average molecular weight is 564 g/mol. The van der Waals surface area contributed by atoms with E-state index in [4.69, 9.17) is 30.1 Å². The maximum Gasteiger partial charge on any atom is 0.459 e. The molecule has 1 aliphatic rings. The number of alkyl halides is 2. The van der Waals surface area contributed by atoms with Crippen molar-refractivity contribution in [2.45, 2.75) is 56.2 Å². The van der Waals surface area contributed by atoms with Crippen LogP contribution >= 0.6 is 19.3 Å². The molecule has 3 N–H and O–H groups in total. The lowest BCUT2D eigenvalue weighted by molar-refractivity contribution is -0.149. The minimum absolute atomic E-state index is 0.142. The lowest BCUT2D eigenvalue weighted by Crippen LogP contribution is -2.46. The molecule has 0 amide bonds. The summed E-state index contributed by atoms with van der Waals surface area (Å²) in [5.74, 6) is -0.578. The lowest BCUT2D eigenvalue weighted by Gasteiger charge is -2.27. The number of aromatic nitrogens is 2. The Bertz CT molecular complexity index is 1240. The van der Waals surface area contributed by atoms with Crippen molar-refractivity contribution in [2.75, 3.05) is 13.3 Å². The van der Waals surface area contributed by atoms with Crippen LogP contribution in [0.15, 0.2) is 52.2 Å². The maximum atomic E-state index is 14.0. The summed E-state index contributed by atoms with van der Waals surface area (Å²) in [7, 11) is -4.33. The molecule has 0 spiro atoms. The van der Waals surface area contributed by atoms with Crippen LogP contribution in [0.25, 0.3) is 0 Å². The number of carbonyl (C=O) groups excluding carboxylic acids is 1. The number of hydrogen-bond acceptors (Lipinski definition) is 9. The van der Waals surface area contributed by atoms with Crippen LogP contribution in [-0.4, -0.2) is 63.1 Å². The number of aliphatic hydroxyl groups excluding tert-OH is 1. The molecule has 1 fully saturated rings. The minimum atomic E-state index is -4.33. The number of carbonyl (C=O) groups is 1. The Balaban J connectivity index is 1.83. The summed E-state index contributed by atoms with van der Waals surface area (Å²) < 4.78 is 50.2. The first-order valence-corrected chi connectivity index (χ1v) is 13.2. The number of aromatic amines is 1. The van der Waals surface area contributed by atoms with Crippen molar-refractivity contribution in [2.24, 2.45) is 0 Å². The van der Waals surface area contributed by atoms with Crippen LogP contribution in [-0.2, 0) is 23.4 Å². The Hall–Kier alpha value is -2.54. The second-order valence-electron chi connectivity index (χ2n) is 8.58. The molecule has 0 bridgehead atoms. The fourth-order valence-electron chi connectivity index (χ4n) is 3.50. The Morgan fingerprint density at radius 3 is 2.57 bits per heavy atom. The van der Waals surface area contributed by atoms with E-state index in [2.05, 4.69) is 5.09 Å². The first-order valence-electron chi connectivity index (χ1n) is 11.3. The molecule has 204 valence electrons. The predicted molar refractivity (Wildman–Crippen MR) is 130 cm³/mol. The number of rotatable bonds is 11. The number of halogens is 2. The van der Waals surface area contributed by atoms with Crippen LogP contribution < -0.4 is 20.9 Å². The van der Waals surface area contributed by atoms with Gasteiger partial charge >= 0.3 is 19.4 Å². The van der Waals surface area contributed by atoms with Crippen molar-refractivity contribution in [3.05, 3.63) is 63.4 Å². The third-order valence-electron chi connectivity index (χ3n) is 5.30. The molecule has 1 unspecified atom stereocenters. The molecule has 37 heavy (non-hydrogen) atoms. The van der Waals surface area contributed by atoms with Crippen LogP contribution in [0.4, 0.5) is 4.39 Å². The third-order valence-corrected chi connectivity index (χ3v) is 7.46. The van der Waals surface area contributed by atoms with Gasteiger partial charge in [-0.2, -0.15) is 5.09 Å². The normalized spacial score (nSPS) is 26.0. The lowest BCUT2D eigenvalue weighted by atomic mass is 10.00. The molecular weight excluding hydrogens is 536 g/mol. The van der Waals surface area contributed by atoms with Gasteiger partial charge in [-0.15, -0.1) is 11.6 Å². The van der Waals surface area contributed by atoms with Crippen LogP contribution in [0.2, 0.25) is 0 Å². The Labute approximate surface area is 216 Å². The smallest absolute Gasteiger partial charge is 0.459 e. The fourth-order valence-corrected chi connectivity index (χ4v) is 5.30. The maximum absolute atomic E-state index is 14.0. The summed E-state index contributed by atoms with van der Waals surface area (Å²) >= 11 is 6.33. The zero-order valence-corrected chi connectivity index (χ0v) is 21.9. The van der Waals surface area contributed by atoms with Gasteiger partial charge in [-0.3, -0.25) is 23.7 Å². The van der Waals surface area contributed by atoms with Crippen molar-refractivity contribution in [3.63, 3.8) is 0 Å². The number of benzene rings is 1. The minimum Gasteiger partial charge on any atom is -0.462 e. The monoisotopic (exact) mass is 563 g/mol. The van der Waals surface area contributed by atoms with E-state index in [1.54, 1.807) is 32.0 Å². The molecule has 0 radical (unpaired) electrons. The zero-order chi connectivity index (χ0) is 27.4. The number of ether oxygens (including phenoxy) is 2. The first kappa shape index (κ1) is 29.0. The molecule has 12 nitrogen and oxygen atoms in total. The topological polar surface area (TPSA) is 158 Å². The quantitative estimate of drug-likeness (QED) is 0.209. The fraction of sp³-hybridized carbons (Fsp3) is 0.500. The SMILES string of the molecule is CC(C)OC(=O)[C@H](C)N[P@@](=O)(OC[C@H]1O[C@@H](n2ccc(=O)[nH]c2=O)[C@@](Cl)(CF)C1O)Oc1ccccc1. The van der Waals surface area contributed by atoms with Gasteiger partial charge in [-0.25, -0.2) is 13.8 Å². The van der Waals surface area contributed by atoms with E-state index in [1.165, 1.54) is 19.1 Å². The molecule has 6 atom stereocenters. The molecule has 1 aliphatic heterocycles. The summed E-state index contributed by atoms with van der Waals surface area (Å²) in [6.07, 6.45) is -4.06. The van der Waals surface area contributed by atoms with E-state index in [1.807, 2.05) is 4.98 Å².